The maximum absolute atomic E-state index is 14.3. The topological polar surface area (TPSA) is 85.3 Å². The summed E-state index contributed by atoms with van der Waals surface area (Å²) in [5.74, 6) is 1.87. The molecular formula is C39H39NO6S. The van der Waals surface area contributed by atoms with Crippen molar-refractivity contribution < 1.29 is 27.7 Å². The van der Waals surface area contributed by atoms with E-state index in [-0.39, 0.29) is 24.5 Å². The van der Waals surface area contributed by atoms with Crippen molar-refractivity contribution in [2.45, 2.75) is 50.5 Å². The first-order valence-corrected chi connectivity index (χ1v) is 17.1. The Morgan fingerprint density at radius 1 is 0.787 bits per heavy atom. The zero-order chi connectivity index (χ0) is 33.0. The Balaban J connectivity index is 1.54. The molecule has 47 heavy (non-hydrogen) atoms. The number of fused-ring (bicyclic) bond motifs is 1. The van der Waals surface area contributed by atoms with E-state index in [4.69, 9.17) is 14.2 Å². The highest BCUT2D eigenvalue weighted by atomic mass is 32.2. The van der Waals surface area contributed by atoms with Gasteiger partial charge in [0.2, 0.25) is 10.0 Å². The molecule has 0 saturated carbocycles. The molecule has 1 aliphatic heterocycles. The predicted molar refractivity (Wildman–Crippen MR) is 183 cm³/mol. The normalized spacial score (nSPS) is 16.3. The lowest BCUT2D eigenvalue weighted by molar-refractivity contribution is 0.148. The molecule has 5 aromatic rings. The zero-order valence-corrected chi connectivity index (χ0v) is 27.6. The average Bonchev–Trinajstić information content (AvgIpc) is 3.10. The molecule has 1 heterocycles. The van der Waals surface area contributed by atoms with Crippen molar-refractivity contribution in [2.24, 2.45) is 0 Å². The second-order valence-electron chi connectivity index (χ2n) is 11.8. The van der Waals surface area contributed by atoms with Crippen LogP contribution in [0.5, 0.6) is 17.2 Å². The van der Waals surface area contributed by atoms with Crippen molar-refractivity contribution in [3.63, 3.8) is 0 Å². The molecule has 0 aromatic heterocycles. The summed E-state index contributed by atoms with van der Waals surface area (Å²) in [6.45, 7) is 4.04. The molecular weight excluding hydrogens is 610 g/mol. The lowest BCUT2D eigenvalue weighted by Gasteiger charge is -2.41. The maximum Gasteiger partial charge on any atom is 0.243 e. The van der Waals surface area contributed by atoms with Crippen LogP contribution in [0, 0.1) is 6.92 Å². The number of aliphatic hydroxyl groups is 1. The Morgan fingerprint density at radius 2 is 1.36 bits per heavy atom. The van der Waals surface area contributed by atoms with E-state index in [9.17, 15) is 13.5 Å². The summed E-state index contributed by atoms with van der Waals surface area (Å²) < 4.78 is 48.5. The smallest absolute Gasteiger partial charge is 0.243 e. The monoisotopic (exact) mass is 649 g/mol. The standard InChI is InChI=1S/C39H39NO6S/c1-27-14-20-34(21-15-27)47(42,43)40-28(2)38-35(22-32(40)24-41)39(31-16-18-33(44-3)19-17-31)37(46-26-30-12-8-5-9-13-30)23-36(38)45-25-29-10-6-4-7-11-29/h4-21,23,28,32,41H,22,24-26H2,1-3H3/t28-,32-/m0/s1. The third-order valence-corrected chi connectivity index (χ3v) is 10.7. The molecule has 0 unspecified atom stereocenters. The van der Waals surface area contributed by atoms with Crippen LogP contribution >= 0.6 is 0 Å². The van der Waals surface area contributed by atoms with Gasteiger partial charge in [0.15, 0.2) is 0 Å². The van der Waals surface area contributed by atoms with Gasteiger partial charge in [-0.15, -0.1) is 0 Å². The van der Waals surface area contributed by atoms with Crippen LogP contribution in [0.15, 0.2) is 120 Å². The molecule has 0 radical (unpaired) electrons. The molecule has 0 saturated heterocycles. The molecule has 7 nitrogen and oxygen atoms in total. The summed E-state index contributed by atoms with van der Waals surface area (Å²) >= 11 is 0. The first-order chi connectivity index (χ1) is 22.8. The van der Waals surface area contributed by atoms with Crippen LogP contribution in [0.2, 0.25) is 0 Å². The lowest BCUT2D eigenvalue weighted by atomic mass is 9.84. The Labute approximate surface area is 277 Å². The summed E-state index contributed by atoms with van der Waals surface area (Å²) in [4.78, 5) is 0.182. The number of benzene rings is 5. The van der Waals surface area contributed by atoms with E-state index < -0.39 is 22.1 Å². The molecule has 5 aromatic carbocycles. The number of rotatable bonds is 11. The zero-order valence-electron chi connectivity index (χ0n) is 26.8. The summed E-state index contributed by atoms with van der Waals surface area (Å²) in [5, 5.41) is 10.7. The third-order valence-electron chi connectivity index (χ3n) is 8.66. The summed E-state index contributed by atoms with van der Waals surface area (Å²) in [5.41, 5.74) is 6.30. The maximum atomic E-state index is 14.3. The minimum absolute atomic E-state index is 0.182. The van der Waals surface area contributed by atoms with Crippen molar-refractivity contribution in [2.75, 3.05) is 13.7 Å². The van der Waals surface area contributed by atoms with Gasteiger partial charge in [-0.3, -0.25) is 0 Å². The number of aliphatic hydroxyl groups excluding tert-OH is 1. The number of nitrogens with zero attached hydrogens (tertiary/aromatic N) is 1. The SMILES string of the molecule is COc1ccc(-c2c(OCc3ccccc3)cc(OCc3ccccc3)c3c2C[C@@H](CO)N(S(=O)(=O)c2ccc(C)cc2)[C@H]3C)cc1. The van der Waals surface area contributed by atoms with Gasteiger partial charge in [-0.1, -0.05) is 90.5 Å². The van der Waals surface area contributed by atoms with Gasteiger partial charge in [-0.05, 0) is 66.8 Å². The highest BCUT2D eigenvalue weighted by Gasteiger charge is 2.43. The van der Waals surface area contributed by atoms with Crippen molar-refractivity contribution in [1.29, 1.82) is 0 Å². The van der Waals surface area contributed by atoms with E-state index in [0.29, 0.717) is 23.9 Å². The van der Waals surface area contributed by atoms with E-state index >= 15 is 0 Å². The minimum Gasteiger partial charge on any atom is -0.497 e. The third kappa shape index (κ3) is 6.76. The first kappa shape index (κ1) is 32.3. The van der Waals surface area contributed by atoms with Crippen LogP contribution in [-0.2, 0) is 29.7 Å². The van der Waals surface area contributed by atoms with E-state index in [1.165, 1.54) is 4.31 Å². The van der Waals surface area contributed by atoms with Crippen LogP contribution in [0.3, 0.4) is 0 Å². The summed E-state index contributed by atoms with van der Waals surface area (Å²) in [6, 6.07) is 34.9. The summed E-state index contributed by atoms with van der Waals surface area (Å²) in [6.07, 6.45) is 0.257. The molecule has 0 fully saturated rings. The fourth-order valence-electron chi connectivity index (χ4n) is 6.30. The van der Waals surface area contributed by atoms with Crippen molar-refractivity contribution >= 4 is 10.0 Å². The average molecular weight is 650 g/mol. The molecule has 1 aliphatic rings. The molecule has 6 rings (SSSR count). The number of ether oxygens (including phenoxy) is 3. The lowest BCUT2D eigenvalue weighted by Crippen LogP contribution is -2.48. The van der Waals surface area contributed by atoms with Gasteiger partial charge in [-0.2, -0.15) is 4.31 Å². The number of hydrogen-bond donors (Lipinski definition) is 1. The molecule has 2 atom stereocenters. The number of methoxy groups -OCH3 is 1. The predicted octanol–water partition coefficient (Wildman–Crippen LogP) is 7.50. The Morgan fingerprint density at radius 3 is 1.91 bits per heavy atom. The fourth-order valence-corrected chi connectivity index (χ4v) is 8.08. The van der Waals surface area contributed by atoms with Gasteiger partial charge in [0.25, 0.3) is 0 Å². The number of hydrogen-bond acceptors (Lipinski definition) is 6. The first-order valence-electron chi connectivity index (χ1n) is 15.7. The van der Waals surface area contributed by atoms with Crippen LogP contribution in [0.4, 0.5) is 0 Å². The van der Waals surface area contributed by atoms with Gasteiger partial charge in [0.05, 0.1) is 30.7 Å². The van der Waals surface area contributed by atoms with Crippen LogP contribution in [0.1, 0.15) is 40.8 Å². The van der Waals surface area contributed by atoms with Crippen molar-refractivity contribution in [3.8, 4) is 28.4 Å². The van der Waals surface area contributed by atoms with Gasteiger partial charge in [0.1, 0.15) is 30.5 Å². The van der Waals surface area contributed by atoms with E-state index in [2.05, 4.69) is 0 Å². The molecule has 242 valence electrons. The number of aryl methyl sites for hydroxylation is 1. The molecule has 0 spiro atoms. The van der Waals surface area contributed by atoms with E-state index in [0.717, 1.165) is 38.9 Å². The second kappa shape index (κ2) is 14.0. The Kier molecular flexibility index (Phi) is 9.63. The van der Waals surface area contributed by atoms with Crippen molar-refractivity contribution in [3.05, 3.63) is 143 Å². The van der Waals surface area contributed by atoms with Gasteiger partial charge in [0, 0.05) is 17.2 Å². The second-order valence-corrected chi connectivity index (χ2v) is 13.6. The van der Waals surface area contributed by atoms with E-state index in [1.54, 1.807) is 31.4 Å². The van der Waals surface area contributed by atoms with Gasteiger partial charge < -0.3 is 19.3 Å². The molecule has 0 bridgehead atoms. The fraction of sp³-hybridized carbons (Fsp3) is 0.231. The number of sulfonamides is 1. The molecule has 0 aliphatic carbocycles. The molecule has 1 N–H and O–H groups in total. The Bertz CT molecular complexity index is 1910. The minimum atomic E-state index is -3.99. The quantitative estimate of drug-likeness (QED) is 0.160. The largest absolute Gasteiger partial charge is 0.497 e. The highest BCUT2D eigenvalue weighted by Crippen LogP contribution is 2.49. The molecule has 0 amide bonds. The van der Waals surface area contributed by atoms with Gasteiger partial charge >= 0.3 is 0 Å². The van der Waals surface area contributed by atoms with Crippen molar-refractivity contribution in [1.82, 2.24) is 4.31 Å². The summed E-state index contributed by atoms with van der Waals surface area (Å²) in [7, 11) is -2.36. The van der Waals surface area contributed by atoms with Gasteiger partial charge in [-0.25, -0.2) is 8.42 Å². The van der Waals surface area contributed by atoms with E-state index in [1.807, 2.05) is 105 Å². The van der Waals surface area contributed by atoms with Crippen LogP contribution < -0.4 is 14.2 Å². The van der Waals surface area contributed by atoms with Crippen LogP contribution in [-0.4, -0.2) is 37.6 Å². The highest BCUT2D eigenvalue weighted by molar-refractivity contribution is 7.89. The Hall–Kier alpha value is -4.63. The van der Waals surface area contributed by atoms with Crippen LogP contribution in [0.25, 0.3) is 11.1 Å². The molecule has 8 heteroatoms.